The first-order valence-corrected chi connectivity index (χ1v) is 7.81. The molecule has 2 N–H and O–H groups in total. The van der Waals surface area contributed by atoms with Gasteiger partial charge in [0.2, 0.25) is 0 Å². The Morgan fingerprint density at radius 3 is 2.39 bits per heavy atom. The minimum absolute atomic E-state index is 0. The van der Waals surface area contributed by atoms with Crippen molar-refractivity contribution in [2.24, 2.45) is 5.41 Å². The highest BCUT2D eigenvalue weighted by molar-refractivity contribution is 5.85. The van der Waals surface area contributed by atoms with Gasteiger partial charge in [0.15, 0.2) is 0 Å². The van der Waals surface area contributed by atoms with E-state index in [0.717, 1.165) is 43.2 Å². The summed E-state index contributed by atoms with van der Waals surface area (Å²) < 4.78 is 10.9. The molecule has 0 bridgehead atoms. The molecule has 1 fully saturated rings. The zero-order valence-electron chi connectivity index (χ0n) is 14.5. The Morgan fingerprint density at radius 1 is 1.22 bits per heavy atom. The third-order valence-corrected chi connectivity index (χ3v) is 4.40. The van der Waals surface area contributed by atoms with Crippen LogP contribution in [0.15, 0.2) is 18.2 Å². The summed E-state index contributed by atoms with van der Waals surface area (Å²) in [6, 6.07) is 6.03. The molecule has 1 atom stereocenters. The first-order valence-electron chi connectivity index (χ1n) is 7.81. The van der Waals surface area contributed by atoms with Gasteiger partial charge >= 0.3 is 0 Å². The van der Waals surface area contributed by atoms with Gasteiger partial charge in [0.05, 0.1) is 14.2 Å². The highest BCUT2D eigenvalue weighted by atomic mass is 35.5. The Bertz CT molecular complexity index is 491. The van der Waals surface area contributed by atoms with E-state index < -0.39 is 0 Å². The summed E-state index contributed by atoms with van der Waals surface area (Å²) in [6.07, 6.45) is 0. The number of methoxy groups -OCH3 is 2. The van der Waals surface area contributed by atoms with Crippen molar-refractivity contribution in [2.75, 3.05) is 47.0 Å². The molecule has 1 saturated heterocycles. The zero-order chi connectivity index (χ0) is 16.2. The molecule has 132 valence electrons. The second kappa shape index (κ2) is 8.73. The van der Waals surface area contributed by atoms with E-state index in [2.05, 4.69) is 30.1 Å². The Labute approximate surface area is 145 Å². The molecule has 1 heterocycles. The van der Waals surface area contributed by atoms with Crippen molar-refractivity contribution < 1.29 is 14.6 Å². The second-order valence-electron chi connectivity index (χ2n) is 6.44. The van der Waals surface area contributed by atoms with Gasteiger partial charge < -0.3 is 19.9 Å². The monoisotopic (exact) mass is 344 g/mol. The number of ether oxygens (including phenoxy) is 2. The lowest BCUT2D eigenvalue weighted by molar-refractivity contribution is 0.0292. The number of piperazine rings is 1. The maximum atomic E-state index is 9.91. The number of aliphatic hydroxyl groups excluding tert-OH is 1. The van der Waals surface area contributed by atoms with E-state index in [1.165, 1.54) is 0 Å². The van der Waals surface area contributed by atoms with E-state index in [-0.39, 0.29) is 30.5 Å². The average molecular weight is 345 g/mol. The maximum absolute atomic E-state index is 9.91. The molecule has 1 aromatic carbocycles. The molecule has 2 rings (SSSR count). The Hall–Kier alpha value is -1.01. The van der Waals surface area contributed by atoms with Crippen LogP contribution in [-0.4, -0.2) is 57.0 Å². The van der Waals surface area contributed by atoms with Gasteiger partial charge in [0.1, 0.15) is 11.5 Å². The topological polar surface area (TPSA) is 54.0 Å². The van der Waals surface area contributed by atoms with Crippen LogP contribution in [0.5, 0.6) is 11.5 Å². The number of nitrogens with zero attached hydrogens (tertiary/aromatic N) is 1. The molecule has 0 aromatic heterocycles. The molecular weight excluding hydrogens is 316 g/mol. The van der Waals surface area contributed by atoms with Crippen LogP contribution in [0.3, 0.4) is 0 Å². The largest absolute Gasteiger partial charge is 0.497 e. The van der Waals surface area contributed by atoms with Gasteiger partial charge in [-0.25, -0.2) is 0 Å². The fourth-order valence-electron chi connectivity index (χ4n) is 3.18. The molecule has 0 aliphatic carbocycles. The van der Waals surface area contributed by atoms with Crippen LogP contribution < -0.4 is 14.8 Å². The van der Waals surface area contributed by atoms with E-state index in [4.69, 9.17) is 9.47 Å². The number of aliphatic hydroxyl groups is 1. The number of halogens is 1. The lowest BCUT2D eigenvalue weighted by atomic mass is 9.79. The minimum Gasteiger partial charge on any atom is -0.497 e. The van der Waals surface area contributed by atoms with Crippen LogP contribution in [0.2, 0.25) is 0 Å². The van der Waals surface area contributed by atoms with Crippen LogP contribution in [0.25, 0.3) is 0 Å². The molecule has 23 heavy (non-hydrogen) atoms. The highest BCUT2D eigenvalue weighted by Gasteiger charge is 2.37. The van der Waals surface area contributed by atoms with E-state index in [0.29, 0.717) is 0 Å². The summed E-state index contributed by atoms with van der Waals surface area (Å²) in [5.74, 6) is 1.59. The van der Waals surface area contributed by atoms with Crippen molar-refractivity contribution in [3.63, 3.8) is 0 Å². The Morgan fingerprint density at radius 2 is 1.87 bits per heavy atom. The predicted molar refractivity (Wildman–Crippen MR) is 94.8 cm³/mol. The van der Waals surface area contributed by atoms with Crippen molar-refractivity contribution in [3.8, 4) is 11.5 Å². The van der Waals surface area contributed by atoms with Crippen LogP contribution in [0.1, 0.15) is 25.5 Å². The normalized spacial score (nSPS) is 17.3. The fourth-order valence-corrected chi connectivity index (χ4v) is 3.18. The summed E-state index contributed by atoms with van der Waals surface area (Å²) in [7, 11) is 3.33. The number of nitrogens with one attached hydrogen (secondary N) is 1. The van der Waals surface area contributed by atoms with Crippen molar-refractivity contribution >= 4 is 12.4 Å². The molecule has 6 heteroatoms. The van der Waals surface area contributed by atoms with Gasteiger partial charge in [-0.05, 0) is 6.07 Å². The molecular formula is C17H29ClN2O3. The van der Waals surface area contributed by atoms with Crippen molar-refractivity contribution in [1.82, 2.24) is 10.2 Å². The van der Waals surface area contributed by atoms with Gasteiger partial charge in [-0.1, -0.05) is 19.9 Å². The average Bonchev–Trinajstić information content (AvgIpc) is 2.56. The number of benzene rings is 1. The smallest absolute Gasteiger partial charge is 0.127 e. The SMILES string of the molecule is COc1ccc([C@@H](N2CCNCC2)C(C)(C)CO)c(OC)c1.Cl. The predicted octanol–water partition coefficient (Wildman–Crippen LogP) is 2.09. The number of hydrogen-bond donors (Lipinski definition) is 2. The summed E-state index contributed by atoms with van der Waals surface area (Å²) in [5, 5.41) is 13.3. The van der Waals surface area contributed by atoms with Crippen LogP contribution in [-0.2, 0) is 0 Å². The summed E-state index contributed by atoms with van der Waals surface area (Å²) in [6.45, 7) is 8.18. The third kappa shape index (κ3) is 4.51. The fraction of sp³-hybridized carbons (Fsp3) is 0.647. The van der Waals surface area contributed by atoms with Crippen molar-refractivity contribution in [3.05, 3.63) is 23.8 Å². The molecule has 1 aromatic rings. The van der Waals surface area contributed by atoms with Crippen LogP contribution >= 0.6 is 12.4 Å². The van der Waals surface area contributed by atoms with E-state index >= 15 is 0 Å². The summed E-state index contributed by atoms with van der Waals surface area (Å²) in [5.41, 5.74) is 0.836. The molecule has 0 amide bonds. The van der Waals surface area contributed by atoms with Gasteiger partial charge in [-0.2, -0.15) is 0 Å². The van der Waals surface area contributed by atoms with Crippen LogP contribution in [0.4, 0.5) is 0 Å². The molecule has 1 aliphatic heterocycles. The summed E-state index contributed by atoms with van der Waals surface area (Å²) in [4.78, 5) is 2.43. The Kier molecular flexibility index (Phi) is 7.61. The molecule has 0 saturated carbocycles. The van der Waals surface area contributed by atoms with Crippen molar-refractivity contribution in [1.29, 1.82) is 0 Å². The first-order chi connectivity index (χ1) is 10.5. The Balaban J connectivity index is 0.00000264. The van der Waals surface area contributed by atoms with Gasteiger partial charge in [-0.15, -0.1) is 12.4 Å². The van der Waals surface area contributed by atoms with Gasteiger partial charge in [0, 0.05) is 55.9 Å². The summed E-state index contributed by atoms with van der Waals surface area (Å²) >= 11 is 0. The first kappa shape index (κ1) is 20.0. The third-order valence-electron chi connectivity index (χ3n) is 4.40. The minimum atomic E-state index is -0.265. The van der Waals surface area contributed by atoms with Crippen LogP contribution in [0, 0.1) is 5.41 Å². The maximum Gasteiger partial charge on any atom is 0.127 e. The van der Waals surface area contributed by atoms with Crippen molar-refractivity contribution in [2.45, 2.75) is 19.9 Å². The van der Waals surface area contributed by atoms with E-state index in [9.17, 15) is 5.11 Å². The van der Waals surface area contributed by atoms with Gasteiger partial charge in [0.25, 0.3) is 0 Å². The lowest BCUT2D eigenvalue weighted by Crippen LogP contribution is -2.49. The molecule has 1 aliphatic rings. The molecule has 0 radical (unpaired) electrons. The van der Waals surface area contributed by atoms with E-state index in [1.54, 1.807) is 14.2 Å². The standard InChI is InChI=1S/C17H28N2O3.ClH/c1-17(2,12-20)16(19-9-7-18-8-10-19)14-6-5-13(21-3)11-15(14)22-4;/h5-6,11,16,18,20H,7-10,12H2,1-4H3;1H/t16-;/m1./s1. The zero-order valence-corrected chi connectivity index (χ0v) is 15.3. The van der Waals surface area contributed by atoms with E-state index in [1.807, 2.05) is 12.1 Å². The molecule has 0 spiro atoms. The number of hydrogen-bond acceptors (Lipinski definition) is 5. The quantitative estimate of drug-likeness (QED) is 0.827. The number of rotatable bonds is 6. The lowest BCUT2D eigenvalue weighted by Gasteiger charge is -2.43. The molecule has 0 unspecified atom stereocenters. The second-order valence-corrected chi connectivity index (χ2v) is 6.44. The van der Waals surface area contributed by atoms with Gasteiger partial charge in [-0.3, -0.25) is 4.90 Å². The molecule has 5 nitrogen and oxygen atoms in total. The highest BCUT2D eigenvalue weighted by Crippen LogP contribution is 2.43.